The van der Waals surface area contributed by atoms with Crippen LogP contribution in [0.4, 0.5) is 5.69 Å². The van der Waals surface area contributed by atoms with Gasteiger partial charge in [-0.1, -0.05) is 0 Å². The van der Waals surface area contributed by atoms with Crippen LogP contribution >= 0.6 is 11.3 Å². The van der Waals surface area contributed by atoms with Gasteiger partial charge in [0.05, 0.1) is 12.5 Å². The quantitative estimate of drug-likeness (QED) is 0.890. The van der Waals surface area contributed by atoms with Gasteiger partial charge in [-0.25, -0.2) is 0 Å². The van der Waals surface area contributed by atoms with Crippen LogP contribution in [-0.2, 0) is 11.2 Å². The number of fused-ring (bicyclic) bond motifs is 1. The molecule has 116 valence electrons. The summed E-state index contributed by atoms with van der Waals surface area (Å²) >= 11 is 1.75. The summed E-state index contributed by atoms with van der Waals surface area (Å²) in [7, 11) is 0. The summed E-state index contributed by atoms with van der Waals surface area (Å²) < 4.78 is 5.31. The first-order valence-electron chi connectivity index (χ1n) is 7.49. The van der Waals surface area contributed by atoms with Gasteiger partial charge in [0, 0.05) is 10.6 Å². The van der Waals surface area contributed by atoms with Crippen molar-refractivity contribution in [3.8, 4) is 5.75 Å². The minimum atomic E-state index is -0.0414. The molecule has 3 rings (SSSR count). The minimum Gasteiger partial charge on any atom is -0.491 e. The van der Waals surface area contributed by atoms with E-state index in [0.29, 0.717) is 5.75 Å². The number of nitrogens with one attached hydrogen (secondary N) is 1. The average molecular weight is 317 g/mol. The maximum absolute atomic E-state index is 12.5. The third-order valence-corrected chi connectivity index (χ3v) is 4.85. The molecule has 1 aromatic carbocycles. The predicted molar refractivity (Wildman–Crippen MR) is 87.7 cm³/mol. The summed E-state index contributed by atoms with van der Waals surface area (Å²) in [6.07, 6.45) is 3.07. The molecule has 0 radical (unpaired) electrons. The van der Waals surface area contributed by atoms with Crippen molar-refractivity contribution in [1.82, 2.24) is 0 Å². The normalized spacial score (nSPS) is 16.9. The Hall–Kier alpha value is -1.85. The Kier molecular flexibility index (Phi) is 4.75. The van der Waals surface area contributed by atoms with Crippen molar-refractivity contribution in [1.29, 1.82) is 0 Å². The molecule has 1 heterocycles. The molecule has 0 saturated carbocycles. The van der Waals surface area contributed by atoms with Crippen LogP contribution in [0.1, 0.15) is 29.2 Å². The van der Waals surface area contributed by atoms with Gasteiger partial charge in [-0.3, -0.25) is 4.79 Å². The number of ether oxygens (including phenoxy) is 1. The van der Waals surface area contributed by atoms with Gasteiger partial charge < -0.3 is 15.2 Å². The molecule has 5 heteroatoms. The molecular formula is C17H19NO3S. The van der Waals surface area contributed by atoms with Crippen molar-refractivity contribution < 1.29 is 14.6 Å². The van der Waals surface area contributed by atoms with Crippen LogP contribution in [0.25, 0.3) is 0 Å². The van der Waals surface area contributed by atoms with Crippen LogP contribution in [-0.4, -0.2) is 24.2 Å². The molecule has 1 atom stereocenters. The van der Waals surface area contributed by atoms with Gasteiger partial charge >= 0.3 is 0 Å². The number of anilines is 1. The molecular weight excluding hydrogens is 298 g/mol. The molecule has 0 bridgehead atoms. The first-order chi connectivity index (χ1) is 10.8. The highest BCUT2D eigenvalue weighted by molar-refractivity contribution is 7.10. The standard InChI is InChI=1S/C17H19NO3S/c19-9-10-21-13-6-4-12(5-7-13)18-17(20)15-2-1-3-16-14(15)8-11-22-16/h4-8,11,15,19H,1-3,9-10H2,(H,18,20). The zero-order valence-corrected chi connectivity index (χ0v) is 13.1. The Morgan fingerprint density at radius 2 is 2.14 bits per heavy atom. The lowest BCUT2D eigenvalue weighted by Crippen LogP contribution is -2.23. The monoisotopic (exact) mass is 317 g/mol. The molecule has 2 aromatic rings. The summed E-state index contributed by atoms with van der Waals surface area (Å²) in [5, 5.41) is 13.8. The maximum Gasteiger partial charge on any atom is 0.231 e. The van der Waals surface area contributed by atoms with Crippen LogP contribution in [0.2, 0.25) is 0 Å². The van der Waals surface area contributed by atoms with Crippen LogP contribution < -0.4 is 10.1 Å². The molecule has 1 aromatic heterocycles. The fourth-order valence-corrected chi connectivity index (χ4v) is 3.77. The van der Waals surface area contributed by atoms with Crippen LogP contribution in [0, 0.1) is 0 Å². The highest BCUT2D eigenvalue weighted by Crippen LogP contribution is 2.35. The Morgan fingerprint density at radius 1 is 1.32 bits per heavy atom. The Bertz CT molecular complexity index is 636. The van der Waals surface area contributed by atoms with Crippen molar-refractivity contribution in [3.05, 3.63) is 46.2 Å². The molecule has 0 saturated heterocycles. The molecule has 1 aliphatic rings. The minimum absolute atomic E-state index is 0.0108. The maximum atomic E-state index is 12.5. The number of amides is 1. The number of benzene rings is 1. The molecule has 4 nitrogen and oxygen atoms in total. The number of aliphatic hydroxyl groups is 1. The smallest absolute Gasteiger partial charge is 0.231 e. The number of thiophene rings is 1. The molecule has 22 heavy (non-hydrogen) atoms. The number of rotatable bonds is 5. The van der Waals surface area contributed by atoms with Crippen LogP contribution in [0.3, 0.4) is 0 Å². The number of aryl methyl sites for hydroxylation is 1. The fraction of sp³-hybridized carbons (Fsp3) is 0.353. The van der Waals surface area contributed by atoms with Gasteiger partial charge in [-0.15, -0.1) is 11.3 Å². The van der Waals surface area contributed by atoms with E-state index in [1.54, 1.807) is 23.5 Å². The lowest BCUT2D eigenvalue weighted by Gasteiger charge is -2.21. The Labute approximate surface area is 133 Å². The summed E-state index contributed by atoms with van der Waals surface area (Å²) in [6.45, 7) is 0.262. The van der Waals surface area contributed by atoms with E-state index in [1.807, 2.05) is 12.1 Å². The van der Waals surface area contributed by atoms with Gasteiger partial charge in [0.25, 0.3) is 0 Å². The number of aliphatic hydroxyl groups excluding tert-OH is 1. The van der Waals surface area contributed by atoms with E-state index >= 15 is 0 Å². The second-order valence-electron chi connectivity index (χ2n) is 5.33. The zero-order valence-electron chi connectivity index (χ0n) is 12.2. The SMILES string of the molecule is O=C(Nc1ccc(OCCO)cc1)C1CCCc2sccc21. The molecule has 0 spiro atoms. The number of carbonyl (C=O) groups is 1. The summed E-state index contributed by atoms with van der Waals surface area (Å²) in [5.41, 5.74) is 1.96. The van der Waals surface area contributed by atoms with Crippen molar-refractivity contribution >= 4 is 22.9 Å². The number of carbonyl (C=O) groups excluding carboxylic acids is 1. The van der Waals surface area contributed by atoms with Crippen molar-refractivity contribution in [3.63, 3.8) is 0 Å². The lowest BCUT2D eigenvalue weighted by molar-refractivity contribution is -0.117. The molecule has 1 amide bonds. The largest absolute Gasteiger partial charge is 0.491 e. The van der Waals surface area contributed by atoms with E-state index in [4.69, 9.17) is 9.84 Å². The average Bonchev–Trinajstić information content (AvgIpc) is 3.02. The molecule has 0 fully saturated rings. The molecule has 2 N–H and O–H groups in total. The second-order valence-corrected chi connectivity index (χ2v) is 6.33. The van der Waals surface area contributed by atoms with Crippen LogP contribution in [0.5, 0.6) is 5.75 Å². The third-order valence-electron chi connectivity index (χ3n) is 3.85. The fourth-order valence-electron chi connectivity index (χ4n) is 2.79. The van der Waals surface area contributed by atoms with E-state index in [-0.39, 0.29) is 25.0 Å². The van der Waals surface area contributed by atoms with Crippen molar-refractivity contribution in [2.45, 2.75) is 25.2 Å². The third kappa shape index (κ3) is 3.31. The van der Waals surface area contributed by atoms with Gasteiger partial charge in [0.2, 0.25) is 5.91 Å². The first kappa shape index (κ1) is 15.1. The van der Waals surface area contributed by atoms with E-state index < -0.39 is 0 Å². The highest BCUT2D eigenvalue weighted by Gasteiger charge is 2.27. The van der Waals surface area contributed by atoms with E-state index in [9.17, 15) is 4.79 Å². The molecule has 0 aliphatic heterocycles. The number of hydrogen-bond donors (Lipinski definition) is 2. The lowest BCUT2D eigenvalue weighted by atomic mass is 9.87. The van der Waals surface area contributed by atoms with Gasteiger partial charge in [-0.2, -0.15) is 0 Å². The molecule has 1 unspecified atom stereocenters. The Balaban J connectivity index is 1.65. The first-order valence-corrected chi connectivity index (χ1v) is 8.37. The van der Waals surface area contributed by atoms with E-state index in [2.05, 4.69) is 16.8 Å². The number of hydrogen-bond acceptors (Lipinski definition) is 4. The highest BCUT2D eigenvalue weighted by atomic mass is 32.1. The van der Waals surface area contributed by atoms with Gasteiger partial charge in [-0.05, 0) is 60.5 Å². The zero-order chi connectivity index (χ0) is 15.4. The summed E-state index contributed by atoms with van der Waals surface area (Å²) in [5.74, 6) is 0.702. The van der Waals surface area contributed by atoms with Crippen LogP contribution in [0.15, 0.2) is 35.7 Å². The summed E-state index contributed by atoms with van der Waals surface area (Å²) in [4.78, 5) is 13.9. The van der Waals surface area contributed by atoms with E-state index in [1.165, 1.54) is 10.4 Å². The van der Waals surface area contributed by atoms with Crippen molar-refractivity contribution in [2.24, 2.45) is 0 Å². The molecule has 1 aliphatic carbocycles. The second kappa shape index (κ2) is 6.94. The van der Waals surface area contributed by atoms with E-state index in [0.717, 1.165) is 24.9 Å². The van der Waals surface area contributed by atoms with Gasteiger partial charge in [0.1, 0.15) is 12.4 Å². The topological polar surface area (TPSA) is 58.6 Å². The predicted octanol–water partition coefficient (Wildman–Crippen LogP) is 3.18. The van der Waals surface area contributed by atoms with Crippen molar-refractivity contribution in [2.75, 3.05) is 18.5 Å². The summed E-state index contributed by atoms with van der Waals surface area (Å²) in [6, 6.07) is 9.31. The van der Waals surface area contributed by atoms with Gasteiger partial charge in [0.15, 0.2) is 0 Å². The Morgan fingerprint density at radius 3 is 2.91 bits per heavy atom.